The highest BCUT2D eigenvalue weighted by Gasteiger charge is 2.68. The van der Waals surface area contributed by atoms with Gasteiger partial charge in [-0.05, 0) is 40.9 Å². The third-order valence-electron chi connectivity index (χ3n) is 6.47. The Hall–Kier alpha value is 0. The third-order valence-corrected chi connectivity index (χ3v) is 6.47. The van der Waals surface area contributed by atoms with E-state index in [1.54, 1.807) is 0 Å². The van der Waals surface area contributed by atoms with Gasteiger partial charge in [0.05, 0.1) is 0 Å². The van der Waals surface area contributed by atoms with Crippen LogP contribution in [0.3, 0.4) is 0 Å². The van der Waals surface area contributed by atoms with Gasteiger partial charge in [-0.25, -0.2) is 0 Å². The van der Waals surface area contributed by atoms with Crippen LogP contribution in [0.1, 0.15) is 54.4 Å². The molecule has 0 nitrogen and oxygen atoms in total. The second-order valence-corrected chi connectivity index (χ2v) is 6.71. The van der Waals surface area contributed by atoms with Crippen LogP contribution in [0.25, 0.3) is 0 Å². The van der Waals surface area contributed by atoms with Crippen molar-refractivity contribution in [3.05, 3.63) is 0 Å². The minimum atomic E-state index is 0.541. The van der Waals surface area contributed by atoms with Gasteiger partial charge in [0, 0.05) is 0 Å². The first kappa shape index (κ1) is 9.55. The average molecular weight is 180 g/mol. The van der Waals surface area contributed by atoms with Crippen LogP contribution >= 0.6 is 0 Å². The molecule has 3 atom stereocenters. The van der Waals surface area contributed by atoms with Gasteiger partial charge >= 0.3 is 0 Å². The quantitative estimate of drug-likeness (QED) is 0.526. The first-order valence-corrected chi connectivity index (χ1v) is 5.75. The summed E-state index contributed by atoms with van der Waals surface area (Å²) >= 11 is 0. The first-order valence-electron chi connectivity index (χ1n) is 5.75. The monoisotopic (exact) mass is 180 g/mol. The van der Waals surface area contributed by atoms with Crippen LogP contribution in [0.2, 0.25) is 0 Å². The fourth-order valence-electron chi connectivity index (χ4n) is 4.57. The molecule has 0 aromatic rings. The maximum absolute atomic E-state index is 2.52. The Morgan fingerprint density at radius 1 is 0.923 bits per heavy atom. The van der Waals surface area contributed by atoms with E-state index in [4.69, 9.17) is 0 Å². The van der Waals surface area contributed by atoms with Crippen molar-refractivity contribution in [1.29, 1.82) is 0 Å². The predicted octanol–water partition coefficient (Wildman–Crippen LogP) is 4.10. The molecule has 0 amide bonds. The molecule has 0 aromatic carbocycles. The highest BCUT2D eigenvalue weighted by Crippen LogP contribution is 2.75. The Labute approximate surface area is 83.1 Å². The Morgan fingerprint density at radius 2 is 1.46 bits per heavy atom. The third kappa shape index (κ3) is 0.750. The van der Waals surface area contributed by atoms with Gasteiger partial charge in [-0.2, -0.15) is 0 Å². The van der Waals surface area contributed by atoms with Gasteiger partial charge in [-0.1, -0.05) is 41.5 Å². The van der Waals surface area contributed by atoms with Crippen molar-refractivity contribution >= 4 is 0 Å². The van der Waals surface area contributed by atoms with Crippen LogP contribution in [0.4, 0.5) is 0 Å². The summed E-state index contributed by atoms with van der Waals surface area (Å²) < 4.78 is 0. The normalized spacial score (nSPS) is 51.2. The van der Waals surface area contributed by atoms with E-state index in [1.165, 1.54) is 12.8 Å². The van der Waals surface area contributed by atoms with E-state index in [0.717, 1.165) is 11.8 Å². The van der Waals surface area contributed by atoms with Gasteiger partial charge in [-0.15, -0.1) is 0 Å². The molecule has 76 valence electrons. The molecular formula is C13H24. The summed E-state index contributed by atoms with van der Waals surface area (Å²) in [6, 6.07) is 0. The maximum atomic E-state index is 2.52. The summed E-state index contributed by atoms with van der Waals surface area (Å²) in [6.07, 6.45) is 2.91. The fraction of sp³-hybridized carbons (Fsp3) is 1.00. The average Bonchev–Trinajstić information content (AvgIpc) is 2.26. The molecule has 13 heavy (non-hydrogen) atoms. The van der Waals surface area contributed by atoms with Crippen molar-refractivity contribution in [2.75, 3.05) is 0 Å². The molecule has 0 heterocycles. The smallest absolute Gasteiger partial charge is 0.0218 e. The van der Waals surface area contributed by atoms with Gasteiger partial charge in [-0.3, -0.25) is 0 Å². The summed E-state index contributed by atoms with van der Waals surface area (Å²) in [4.78, 5) is 0. The SMILES string of the molecule is CC1C2CCC(C)(C1(C)C)C2(C)C. The zero-order valence-corrected chi connectivity index (χ0v) is 10.1. The lowest BCUT2D eigenvalue weighted by Gasteiger charge is -2.46. The van der Waals surface area contributed by atoms with Gasteiger partial charge in [0.25, 0.3) is 0 Å². The molecule has 3 unspecified atom stereocenters. The molecule has 0 spiro atoms. The molecule has 0 heteroatoms. The predicted molar refractivity (Wildman–Crippen MR) is 57.6 cm³/mol. The van der Waals surface area contributed by atoms with E-state index >= 15 is 0 Å². The summed E-state index contributed by atoms with van der Waals surface area (Å²) in [5.74, 6) is 1.87. The van der Waals surface area contributed by atoms with Crippen molar-refractivity contribution in [3.63, 3.8) is 0 Å². The maximum Gasteiger partial charge on any atom is -0.0218 e. The summed E-state index contributed by atoms with van der Waals surface area (Å²) in [6.45, 7) is 15.0. The Bertz CT molecular complexity index is 226. The molecule has 2 aliphatic rings. The van der Waals surface area contributed by atoms with Crippen LogP contribution in [0.5, 0.6) is 0 Å². The lowest BCUT2D eigenvalue weighted by Crippen LogP contribution is -2.39. The van der Waals surface area contributed by atoms with Gasteiger partial charge < -0.3 is 0 Å². The molecule has 2 saturated carbocycles. The van der Waals surface area contributed by atoms with Crippen LogP contribution in [-0.2, 0) is 0 Å². The second-order valence-electron chi connectivity index (χ2n) is 6.71. The van der Waals surface area contributed by atoms with E-state index in [-0.39, 0.29) is 0 Å². The van der Waals surface area contributed by atoms with E-state index in [2.05, 4.69) is 41.5 Å². The molecule has 0 saturated heterocycles. The van der Waals surface area contributed by atoms with Gasteiger partial charge in [0.1, 0.15) is 0 Å². The first-order chi connectivity index (χ1) is 5.75. The summed E-state index contributed by atoms with van der Waals surface area (Å²) in [7, 11) is 0. The molecule has 2 fully saturated rings. The molecule has 0 N–H and O–H groups in total. The zero-order valence-electron chi connectivity index (χ0n) is 10.1. The standard InChI is InChI=1S/C13H24/c1-9-10-7-8-13(6,11(9,2)3)12(10,4)5/h9-10H,7-8H2,1-6H3. The molecule has 0 aromatic heterocycles. The van der Waals surface area contributed by atoms with Crippen LogP contribution in [0, 0.1) is 28.1 Å². The Morgan fingerprint density at radius 3 is 1.69 bits per heavy atom. The number of hydrogen-bond donors (Lipinski definition) is 0. The molecule has 2 rings (SSSR count). The van der Waals surface area contributed by atoms with Crippen LogP contribution < -0.4 is 0 Å². The minimum Gasteiger partial charge on any atom is -0.0617 e. The van der Waals surface area contributed by atoms with Gasteiger partial charge in [0.2, 0.25) is 0 Å². The minimum absolute atomic E-state index is 0.541. The van der Waals surface area contributed by atoms with Crippen LogP contribution in [-0.4, -0.2) is 0 Å². The second kappa shape index (κ2) is 2.15. The molecule has 0 radical (unpaired) electrons. The topological polar surface area (TPSA) is 0 Å². The highest BCUT2D eigenvalue weighted by atomic mass is 14.7. The number of fused-ring (bicyclic) bond motifs is 2. The van der Waals surface area contributed by atoms with Crippen molar-refractivity contribution in [2.45, 2.75) is 54.4 Å². The molecule has 2 bridgehead atoms. The largest absolute Gasteiger partial charge is 0.0617 e. The summed E-state index contributed by atoms with van der Waals surface area (Å²) in [5.41, 5.74) is 1.68. The number of hydrogen-bond acceptors (Lipinski definition) is 0. The van der Waals surface area contributed by atoms with Crippen molar-refractivity contribution in [2.24, 2.45) is 28.1 Å². The molecule has 0 aliphatic heterocycles. The Kier molecular flexibility index (Phi) is 1.58. The van der Waals surface area contributed by atoms with E-state index < -0.39 is 0 Å². The van der Waals surface area contributed by atoms with Crippen molar-refractivity contribution < 1.29 is 0 Å². The van der Waals surface area contributed by atoms with Crippen LogP contribution in [0.15, 0.2) is 0 Å². The molecule has 2 aliphatic carbocycles. The highest BCUT2D eigenvalue weighted by molar-refractivity contribution is 5.16. The van der Waals surface area contributed by atoms with E-state index in [9.17, 15) is 0 Å². The fourth-order valence-corrected chi connectivity index (χ4v) is 4.57. The molecular weight excluding hydrogens is 156 g/mol. The van der Waals surface area contributed by atoms with Crippen molar-refractivity contribution in [1.82, 2.24) is 0 Å². The van der Waals surface area contributed by atoms with E-state index in [1.807, 2.05) is 0 Å². The van der Waals surface area contributed by atoms with E-state index in [0.29, 0.717) is 16.2 Å². The van der Waals surface area contributed by atoms with Crippen molar-refractivity contribution in [3.8, 4) is 0 Å². The van der Waals surface area contributed by atoms with Gasteiger partial charge in [0.15, 0.2) is 0 Å². The lowest BCUT2D eigenvalue weighted by molar-refractivity contribution is 0.0233. The summed E-state index contributed by atoms with van der Waals surface area (Å²) in [5, 5.41) is 0. The zero-order chi connectivity index (χ0) is 10.1. The Balaban J connectivity index is 2.53. The lowest BCUT2D eigenvalue weighted by atomic mass is 9.58. The number of rotatable bonds is 0.